The Morgan fingerprint density at radius 1 is 1.33 bits per heavy atom. The van der Waals surface area contributed by atoms with Crippen LogP contribution in [-0.4, -0.2) is 0 Å². The summed E-state index contributed by atoms with van der Waals surface area (Å²) in [6.45, 7) is 2.87. The molecule has 0 atom stereocenters. The molecule has 66 valence electrons. The van der Waals surface area contributed by atoms with Crippen molar-refractivity contribution in [2.45, 2.75) is 19.5 Å². The first-order valence-electron chi connectivity index (χ1n) is 3.55. The smallest absolute Gasteiger partial charge is 0.137 e. The van der Waals surface area contributed by atoms with E-state index in [-0.39, 0.29) is 5.82 Å². The molecule has 0 aliphatic carbocycles. The molecule has 1 aromatic rings. The van der Waals surface area contributed by atoms with Gasteiger partial charge in [-0.1, -0.05) is 6.07 Å². The van der Waals surface area contributed by atoms with Crippen LogP contribution < -0.4 is 0 Å². The van der Waals surface area contributed by atoms with Crippen molar-refractivity contribution >= 4 is 15.9 Å². The zero-order valence-corrected chi connectivity index (χ0v) is 8.45. The Bertz CT molecular complexity index is 289. The van der Waals surface area contributed by atoms with Gasteiger partial charge in [-0.3, -0.25) is 0 Å². The van der Waals surface area contributed by atoms with Crippen LogP contribution in [0.4, 0.5) is 8.78 Å². The van der Waals surface area contributed by atoms with Gasteiger partial charge in [0.15, 0.2) is 0 Å². The molecule has 3 heteroatoms. The molecule has 0 aromatic heterocycles. The molecule has 0 aliphatic rings. The van der Waals surface area contributed by atoms with E-state index in [4.69, 9.17) is 0 Å². The number of halogens is 3. The van der Waals surface area contributed by atoms with E-state index in [1.54, 1.807) is 0 Å². The third kappa shape index (κ3) is 2.03. The lowest BCUT2D eigenvalue weighted by Crippen LogP contribution is -2.08. The minimum absolute atomic E-state index is 0.297. The maximum atomic E-state index is 13.3. The topological polar surface area (TPSA) is 0 Å². The minimum Gasteiger partial charge on any atom is -0.239 e. The number of alkyl halides is 1. The zero-order valence-electron chi connectivity index (χ0n) is 6.87. The largest absolute Gasteiger partial charge is 0.239 e. The van der Waals surface area contributed by atoms with Crippen LogP contribution in [0, 0.1) is 5.82 Å². The van der Waals surface area contributed by atoms with Crippen LogP contribution >= 0.6 is 15.9 Å². The van der Waals surface area contributed by atoms with E-state index < -0.39 is 5.67 Å². The van der Waals surface area contributed by atoms with Gasteiger partial charge in [-0.25, -0.2) is 8.78 Å². The van der Waals surface area contributed by atoms with Gasteiger partial charge in [0.25, 0.3) is 0 Å². The predicted molar refractivity (Wildman–Crippen MR) is 48.2 cm³/mol. The highest BCUT2D eigenvalue weighted by Gasteiger charge is 2.19. The Morgan fingerprint density at radius 3 is 2.33 bits per heavy atom. The number of benzene rings is 1. The van der Waals surface area contributed by atoms with Crippen molar-refractivity contribution in [2.24, 2.45) is 0 Å². The fourth-order valence-electron chi connectivity index (χ4n) is 0.866. The van der Waals surface area contributed by atoms with Gasteiger partial charge < -0.3 is 0 Å². The van der Waals surface area contributed by atoms with Gasteiger partial charge >= 0.3 is 0 Å². The van der Waals surface area contributed by atoms with Crippen LogP contribution in [-0.2, 0) is 5.67 Å². The second-order valence-corrected chi connectivity index (χ2v) is 3.96. The Kier molecular flexibility index (Phi) is 2.52. The summed E-state index contributed by atoms with van der Waals surface area (Å²) < 4.78 is 26.3. The Hall–Kier alpha value is -0.440. The van der Waals surface area contributed by atoms with Gasteiger partial charge in [0.2, 0.25) is 0 Å². The first-order valence-corrected chi connectivity index (χ1v) is 4.35. The predicted octanol–water partition coefficient (Wildman–Crippen LogP) is 3.79. The molecular weight excluding hydrogens is 226 g/mol. The molecule has 0 aliphatic heterocycles. The van der Waals surface area contributed by atoms with Gasteiger partial charge in [0.1, 0.15) is 11.5 Å². The maximum Gasteiger partial charge on any atom is 0.137 e. The second-order valence-electron chi connectivity index (χ2n) is 3.10. The molecule has 0 unspecified atom stereocenters. The van der Waals surface area contributed by atoms with E-state index >= 15 is 0 Å². The van der Waals surface area contributed by atoms with Crippen molar-refractivity contribution in [3.05, 3.63) is 34.1 Å². The Morgan fingerprint density at radius 2 is 1.92 bits per heavy atom. The summed E-state index contributed by atoms with van der Waals surface area (Å²) in [4.78, 5) is 0. The highest BCUT2D eigenvalue weighted by atomic mass is 79.9. The van der Waals surface area contributed by atoms with Crippen LogP contribution in [0.15, 0.2) is 22.7 Å². The van der Waals surface area contributed by atoms with Crippen molar-refractivity contribution in [1.29, 1.82) is 0 Å². The van der Waals surface area contributed by atoms with Crippen LogP contribution in [0.1, 0.15) is 19.4 Å². The summed E-state index contributed by atoms with van der Waals surface area (Å²) >= 11 is 3.00. The monoisotopic (exact) mass is 234 g/mol. The highest BCUT2D eigenvalue weighted by molar-refractivity contribution is 9.10. The van der Waals surface area contributed by atoms with E-state index in [0.717, 1.165) is 0 Å². The van der Waals surface area contributed by atoms with Gasteiger partial charge in [-0.2, -0.15) is 0 Å². The van der Waals surface area contributed by atoms with Crippen LogP contribution in [0.2, 0.25) is 0 Å². The lowest BCUT2D eigenvalue weighted by molar-refractivity contribution is 0.221. The van der Waals surface area contributed by atoms with Gasteiger partial charge in [0.05, 0.1) is 4.47 Å². The minimum atomic E-state index is -1.42. The Labute approximate surface area is 78.7 Å². The normalized spacial score (nSPS) is 11.8. The molecule has 0 nitrogen and oxygen atoms in total. The number of hydrogen-bond donors (Lipinski definition) is 0. The van der Waals surface area contributed by atoms with E-state index in [9.17, 15) is 8.78 Å². The second kappa shape index (κ2) is 3.13. The molecule has 0 bridgehead atoms. The zero-order chi connectivity index (χ0) is 9.35. The number of rotatable bonds is 1. The van der Waals surface area contributed by atoms with Crippen LogP contribution in [0.25, 0.3) is 0 Å². The SMILES string of the molecule is CC(C)(F)c1ccc(F)c(Br)c1. The third-order valence-electron chi connectivity index (χ3n) is 1.61. The molecular formula is C9H9BrF2. The standard InChI is InChI=1S/C9H9BrF2/c1-9(2,12)6-3-4-8(11)7(10)5-6/h3-5H,1-2H3. The van der Waals surface area contributed by atoms with Crippen LogP contribution in [0.3, 0.4) is 0 Å². The fourth-order valence-corrected chi connectivity index (χ4v) is 1.24. The number of hydrogen-bond acceptors (Lipinski definition) is 0. The summed E-state index contributed by atoms with van der Waals surface area (Å²) in [5.74, 6) is -0.372. The van der Waals surface area contributed by atoms with Crippen molar-refractivity contribution in [1.82, 2.24) is 0 Å². The van der Waals surface area contributed by atoms with Gasteiger partial charge in [-0.15, -0.1) is 0 Å². The molecule has 0 saturated carbocycles. The van der Waals surface area contributed by atoms with E-state index in [1.165, 1.54) is 32.0 Å². The summed E-state index contributed by atoms with van der Waals surface area (Å²) in [7, 11) is 0. The van der Waals surface area contributed by atoms with Crippen molar-refractivity contribution in [3.63, 3.8) is 0 Å². The first kappa shape index (κ1) is 9.65. The maximum absolute atomic E-state index is 13.3. The van der Waals surface area contributed by atoms with Gasteiger partial charge in [-0.05, 0) is 47.5 Å². The quantitative estimate of drug-likeness (QED) is 0.694. The lowest BCUT2D eigenvalue weighted by Gasteiger charge is -2.14. The fraction of sp³-hybridized carbons (Fsp3) is 0.333. The average molecular weight is 235 g/mol. The molecule has 0 heterocycles. The summed E-state index contributed by atoms with van der Waals surface area (Å²) in [6.07, 6.45) is 0. The molecule has 0 radical (unpaired) electrons. The van der Waals surface area contributed by atoms with Gasteiger partial charge in [0, 0.05) is 0 Å². The summed E-state index contributed by atoms with van der Waals surface area (Å²) in [5.41, 5.74) is -0.952. The molecule has 12 heavy (non-hydrogen) atoms. The van der Waals surface area contributed by atoms with E-state index in [0.29, 0.717) is 10.0 Å². The molecule has 0 spiro atoms. The van der Waals surface area contributed by atoms with E-state index in [2.05, 4.69) is 15.9 Å². The van der Waals surface area contributed by atoms with E-state index in [1.807, 2.05) is 0 Å². The average Bonchev–Trinajstić information content (AvgIpc) is 1.92. The van der Waals surface area contributed by atoms with Crippen molar-refractivity contribution in [2.75, 3.05) is 0 Å². The Balaban J connectivity index is 3.14. The molecule has 0 N–H and O–H groups in total. The van der Waals surface area contributed by atoms with Crippen LogP contribution in [0.5, 0.6) is 0 Å². The molecule has 0 amide bonds. The highest BCUT2D eigenvalue weighted by Crippen LogP contribution is 2.27. The molecule has 0 fully saturated rings. The molecule has 1 rings (SSSR count). The summed E-state index contributed by atoms with van der Waals surface area (Å²) in [5, 5.41) is 0. The lowest BCUT2D eigenvalue weighted by atomic mass is 10.0. The first-order chi connectivity index (χ1) is 5.41. The summed E-state index contributed by atoms with van der Waals surface area (Å²) in [6, 6.07) is 4.15. The molecule has 0 saturated heterocycles. The van der Waals surface area contributed by atoms with Crippen molar-refractivity contribution in [3.8, 4) is 0 Å². The van der Waals surface area contributed by atoms with Crippen molar-refractivity contribution < 1.29 is 8.78 Å². The molecule has 1 aromatic carbocycles. The third-order valence-corrected chi connectivity index (χ3v) is 2.21.